The largest absolute Gasteiger partial charge is 0.492 e. The first-order valence-corrected chi connectivity index (χ1v) is 11.1. The minimum atomic E-state index is -1.48. The molecule has 0 bridgehead atoms. The number of amides is 2. The van der Waals surface area contributed by atoms with E-state index in [2.05, 4.69) is 20.9 Å². The van der Waals surface area contributed by atoms with E-state index in [1.165, 1.54) is 0 Å². The van der Waals surface area contributed by atoms with Gasteiger partial charge in [0.25, 0.3) is 0 Å². The van der Waals surface area contributed by atoms with Gasteiger partial charge in [-0.05, 0) is 37.0 Å². The number of carboxylic acids is 3. The van der Waals surface area contributed by atoms with E-state index in [-0.39, 0.29) is 19.4 Å². The first kappa shape index (κ1) is 28.0. The zero-order valence-corrected chi connectivity index (χ0v) is 19.3. The number of alkyl halides is 1. The number of nitrogens with zero attached hydrogens (tertiary/aromatic N) is 3. The molecule has 5 N–H and O–H groups in total. The summed E-state index contributed by atoms with van der Waals surface area (Å²) >= 11 is 0. The predicted octanol–water partition coefficient (Wildman–Crippen LogP) is 0.872. The Hall–Kier alpha value is -4.23. The molecule has 0 spiro atoms. The monoisotopic (exact) mass is 509 g/mol. The number of hydrogen-bond acceptors (Lipinski definition) is 7. The zero-order chi connectivity index (χ0) is 26.5. The van der Waals surface area contributed by atoms with Crippen LogP contribution in [0.1, 0.15) is 30.5 Å². The third-order valence-corrected chi connectivity index (χ3v) is 4.96. The Balaban J connectivity index is 1.84. The van der Waals surface area contributed by atoms with Crippen molar-refractivity contribution in [2.45, 2.75) is 50.7 Å². The number of benzene rings is 1. The van der Waals surface area contributed by atoms with Crippen LogP contribution in [0.15, 0.2) is 30.5 Å². The van der Waals surface area contributed by atoms with Gasteiger partial charge in [-0.25, -0.2) is 19.1 Å². The van der Waals surface area contributed by atoms with Gasteiger partial charge >= 0.3 is 23.9 Å². The van der Waals surface area contributed by atoms with Crippen LogP contribution < -0.4 is 15.4 Å². The number of carbonyl (C=O) groups excluding carboxylic acids is 1. The summed E-state index contributed by atoms with van der Waals surface area (Å²) in [7, 11) is 0. The van der Waals surface area contributed by atoms with Crippen molar-refractivity contribution < 1.29 is 43.6 Å². The Morgan fingerprint density at radius 2 is 1.69 bits per heavy atom. The van der Waals surface area contributed by atoms with Crippen molar-refractivity contribution in [1.82, 2.24) is 25.6 Å². The quantitative estimate of drug-likeness (QED) is 0.217. The van der Waals surface area contributed by atoms with E-state index in [0.29, 0.717) is 36.4 Å². The number of halogens is 1. The number of ether oxygens (including phenoxy) is 1. The van der Waals surface area contributed by atoms with Gasteiger partial charge in [0.2, 0.25) is 0 Å². The van der Waals surface area contributed by atoms with Gasteiger partial charge in [-0.2, -0.15) is 0 Å². The van der Waals surface area contributed by atoms with Crippen molar-refractivity contribution in [3.63, 3.8) is 0 Å². The van der Waals surface area contributed by atoms with Gasteiger partial charge in [-0.1, -0.05) is 17.3 Å². The molecule has 2 aromatic rings. The summed E-state index contributed by atoms with van der Waals surface area (Å²) in [5.74, 6) is -3.47. The molecule has 1 heterocycles. The van der Waals surface area contributed by atoms with Crippen LogP contribution in [0, 0.1) is 0 Å². The SMILES string of the molecule is O=C(O)CCC(NC(=O)N[C@@H](Cc1ccc(OCCn2cc(CCCF)nn2)cc1)C(=O)O)C(=O)O. The molecule has 0 saturated carbocycles. The molecular formula is C22H28FN5O8. The second kappa shape index (κ2) is 14.2. The Labute approximate surface area is 205 Å². The third-order valence-electron chi connectivity index (χ3n) is 4.96. The molecule has 36 heavy (non-hydrogen) atoms. The number of aliphatic carboxylic acids is 3. The van der Waals surface area contributed by atoms with E-state index in [0.717, 1.165) is 0 Å². The number of hydrogen-bond donors (Lipinski definition) is 5. The molecule has 0 fully saturated rings. The van der Waals surface area contributed by atoms with E-state index in [1.807, 2.05) is 0 Å². The fourth-order valence-electron chi connectivity index (χ4n) is 3.11. The van der Waals surface area contributed by atoms with Crippen LogP contribution in [0.25, 0.3) is 0 Å². The molecular weight excluding hydrogens is 481 g/mol. The highest BCUT2D eigenvalue weighted by Gasteiger charge is 2.25. The highest BCUT2D eigenvalue weighted by atomic mass is 19.1. The lowest BCUT2D eigenvalue weighted by Crippen LogP contribution is -2.51. The van der Waals surface area contributed by atoms with Crippen LogP contribution in [0.2, 0.25) is 0 Å². The minimum Gasteiger partial charge on any atom is -0.492 e. The van der Waals surface area contributed by atoms with Gasteiger partial charge in [0.1, 0.15) is 24.4 Å². The summed E-state index contributed by atoms with van der Waals surface area (Å²) in [6, 6.07) is 2.64. The van der Waals surface area contributed by atoms with Gasteiger partial charge in [-0.3, -0.25) is 9.18 Å². The number of carbonyl (C=O) groups is 4. The first-order valence-electron chi connectivity index (χ1n) is 11.1. The van der Waals surface area contributed by atoms with Crippen LogP contribution in [0.5, 0.6) is 5.75 Å². The molecule has 0 aliphatic rings. The summed E-state index contributed by atoms with van der Waals surface area (Å²) in [5.41, 5.74) is 1.27. The molecule has 2 rings (SSSR count). The molecule has 0 saturated heterocycles. The average molecular weight is 509 g/mol. The number of urea groups is 1. The molecule has 1 aromatic carbocycles. The average Bonchev–Trinajstić information content (AvgIpc) is 3.28. The second-order valence-electron chi connectivity index (χ2n) is 7.79. The smallest absolute Gasteiger partial charge is 0.326 e. The molecule has 2 amide bonds. The second-order valence-corrected chi connectivity index (χ2v) is 7.79. The Morgan fingerprint density at radius 3 is 2.31 bits per heavy atom. The summed E-state index contributed by atoms with van der Waals surface area (Å²) in [5, 5.41) is 39.4. The van der Waals surface area contributed by atoms with Crippen LogP contribution >= 0.6 is 0 Å². The number of aryl methyl sites for hydroxylation is 1. The van der Waals surface area contributed by atoms with Crippen LogP contribution in [0.3, 0.4) is 0 Å². The van der Waals surface area contributed by atoms with Crippen molar-refractivity contribution in [2.75, 3.05) is 13.3 Å². The van der Waals surface area contributed by atoms with Crippen LogP contribution in [0.4, 0.5) is 9.18 Å². The molecule has 196 valence electrons. The van der Waals surface area contributed by atoms with Crippen molar-refractivity contribution in [2.24, 2.45) is 0 Å². The Morgan fingerprint density at radius 1 is 1.03 bits per heavy atom. The van der Waals surface area contributed by atoms with Crippen molar-refractivity contribution >= 4 is 23.9 Å². The molecule has 0 radical (unpaired) electrons. The molecule has 0 aliphatic heterocycles. The lowest BCUT2D eigenvalue weighted by atomic mass is 10.1. The fourth-order valence-corrected chi connectivity index (χ4v) is 3.11. The summed E-state index contributed by atoms with van der Waals surface area (Å²) in [6.45, 7) is 0.299. The highest BCUT2D eigenvalue weighted by molar-refractivity contribution is 5.86. The third kappa shape index (κ3) is 9.95. The van der Waals surface area contributed by atoms with Gasteiger partial charge in [0.15, 0.2) is 0 Å². The van der Waals surface area contributed by atoms with Crippen LogP contribution in [-0.2, 0) is 33.8 Å². The molecule has 1 unspecified atom stereocenters. The number of rotatable bonds is 16. The van der Waals surface area contributed by atoms with E-state index in [1.54, 1.807) is 35.1 Å². The minimum absolute atomic E-state index is 0.0868. The van der Waals surface area contributed by atoms with Crippen LogP contribution in [-0.4, -0.2) is 79.6 Å². The van der Waals surface area contributed by atoms with Gasteiger partial charge in [0, 0.05) is 19.0 Å². The lowest BCUT2D eigenvalue weighted by molar-refractivity contribution is -0.140. The van der Waals surface area contributed by atoms with E-state index in [4.69, 9.17) is 14.9 Å². The maximum atomic E-state index is 12.2. The van der Waals surface area contributed by atoms with Crippen molar-refractivity contribution in [3.8, 4) is 5.75 Å². The molecule has 13 nitrogen and oxygen atoms in total. The Kier molecular flexibility index (Phi) is 11.1. The number of aromatic nitrogens is 3. The first-order chi connectivity index (χ1) is 17.2. The number of nitrogens with one attached hydrogen (secondary N) is 2. The van der Waals surface area contributed by atoms with E-state index in [9.17, 15) is 28.7 Å². The van der Waals surface area contributed by atoms with E-state index >= 15 is 0 Å². The standard InChI is InChI=1S/C22H28FN5O8/c23-9-1-2-15-13-28(27-26-15)10-11-36-16-5-3-14(4-6-16)12-18(21(33)34)25-22(35)24-17(20(31)32)7-8-19(29)30/h3-6,13,17-18H,1-2,7-12H2,(H,29,30)(H,31,32)(H,33,34)(H2,24,25,35)/t17?,18-/m0/s1. The molecule has 14 heteroatoms. The van der Waals surface area contributed by atoms with E-state index < -0.39 is 49.1 Å². The topological polar surface area (TPSA) is 193 Å². The van der Waals surface area contributed by atoms with Gasteiger partial charge in [-0.15, -0.1) is 5.10 Å². The molecule has 2 atom stereocenters. The van der Waals surface area contributed by atoms with Crippen molar-refractivity contribution in [1.29, 1.82) is 0 Å². The van der Waals surface area contributed by atoms with Gasteiger partial charge < -0.3 is 30.7 Å². The fraction of sp³-hybridized carbons (Fsp3) is 0.455. The zero-order valence-electron chi connectivity index (χ0n) is 19.3. The lowest BCUT2D eigenvalue weighted by Gasteiger charge is -2.18. The molecule has 1 aromatic heterocycles. The summed E-state index contributed by atoms with van der Waals surface area (Å²) in [6.07, 6.45) is 1.71. The maximum absolute atomic E-state index is 12.2. The summed E-state index contributed by atoms with van der Waals surface area (Å²) in [4.78, 5) is 45.5. The highest BCUT2D eigenvalue weighted by Crippen LogP contribution is 2.14. The number of carboxylic acid groups (broad SMARTS) is 3. The molecule has 0 aliphatic carbocycles. The normalized spacial score (nSPS) is 12.4. The summed E-state index contributed by atoms with van der Waals surface area (Å²) < 4.78 is 19.5. The maximum Gasteiger partial charge on any atom is 0.326 e. The Bertz CT molecular complexity index is 1030. The van der Waals surface area contributed by atoms with Gasteiger partial charge in [0.05, 0.1) is 18.9 Å². The predicted molar refractivity (Wildman–Crippen MR) is 121 cm³/mol. The van der Waals surface area contributed by atoms with Crippen molar-refractivity contribution in [3.05, 3.63) is 41.7 Å².